The standard InChI is InChI=1S/C20H36N2O4/c1-3-5-6-7-10-13-16-22-17(19(24)21-20(22)25)14-11-8-9-12-15-18(23)26-4-2/h24H,3-16H2,1-2H3,(H,21,25). The molecule has 0 unspecified atom stereocenters. The van der Waals surface area contributed by atoms with E-state index < -0.39 is 0 Å². The van der Waals surface area contributed by atoms with E-state index in [1.807, 2.05) is 6.92 Å². The number of imidazole rings is 1. The van der Waals surface area contributed by atoms with Crippen LogP contribution in [0.4, 0.5) is 0 Å². The van der Waals surface area contributed by atoms with E-state index in [1.54, 1.807) is 4.57 Å². The number of rotatable bonds is 15. The summed E-state index contributed by atoms with van der Waals surface area (Å²) >= 11 is 0. The van der Waals surface area contributed by atoms with Crippen LogP contribution in [0.2, 0.25) is 0 Å². The highest BCUT2D eigenvalue weighted by atomic mass is 16.5. The number of carbonyl (C=O) groups excluding carboxylic acids is 1. The number of carbonyl (C=O) groups is 1. The fourth-order valence-electron chi connectivity index (χ4n) is 3.18. The monoisotopic (exact) mass is 368 g/mol. The van der Waals surface area contributed by atoms with Crippen LogP contribution in [0.1, 0.15) is 90.2 Å². The number of unbranched alkanes of at least 4 members (excludes halogenated alkanes) is 8. The average Bonchev–Trinajstić information content (AvgIpc) is 2.87. The van der Waals surface area contributed by atoms with Crippen molar-refractivity contribution in [2.24, 2.45) is 0 Å². The quantitative estimate of drug-likeness (QED) is 0.357. The number of nitrogens with one attached hydrogen (secondary N) is 1. The van der Waals surface area contributed by atoms with Gasteiger partial charge in [0.05, 0.1) is 12.3 Å². The molecule has 0 atom stereocenters. The van der Waals surface area contributed by atoms with Gasteiger partial charge in [0.2, 0.25) is 5.88 Å². The van der Waals surface area contributed by atoms with E-state index in [0.717, 1.165) is 38.5 Å². The van der Waals surface area contributed by atoms with Gasteiger partial charge in [0, 0.05) is 13.0 Å². The highest BCUT2D eigenvalue weighted by molar-refractivity contribution is 5.69. The second kappa shape index (κ2) is 13.5. The Bertz CT molecular complexity index is 563. The summed E-state index contributed by atoms with van der Waals surface area (Å²) in [4.78, 5) is 25.8. The molecule has 1 rings (SSSR count). The first-order valence-corrected chi connectivity index (χ1v) is 10.3. The lowest BCUT2D eigenvalue weighted by atomic mass is 10.1. The van der Waals surface area contributed by atoms with E-state index in [-0.39, 0.29) is 17.5 Å². The Hall–Kier alpha value is -1.72. The van der Waals surface area contributed by atoms with Crippen molar-refractivity contribution in [3.05, 3.63) is 16.2 Å². The zero-order valence-corrected chi connectivity index (χ0v) is 16.5. The molecular formula is C20H36N2O4. The summed E-state index contributed by atoms with van der Waals surface area (Å²) in [5.74, 6) is -0.129. The molecule has 6 heteroatoms. The molecule has 2 N–H and O–H groups in total. The normalized spacial score (nSPS) is 11.0. The highest BCUT2D eigenvalue weighted by Gasteiger charge is 2.12. The topological polar surface area (TPSA) is 84.3 Å². The molecule has 0 bridgehead atoms. The van der Waals surface area contributed by atoms with Gasteiger partial charge in [0.25, 0.3) is 0 Å². The SMILES string of the molecule is CCCCCCCCn1c(CCCCCCC(=O)OCC)c(O)[nH]c1=O. The van der Waals surface area contributed by atoms with E-state index in [0.29, 0.717) is 31.7 Å². The molecule has 0 spiro atoms. The van der Waals surface area contributed by atoms with Crippen LogP contribution in [-0.4, -0.2) is 27.2 Å². The third-order valence-corrected chi connectivity index (χ3v) is 4.65. The number of nitrogens with zero attached hydrogens (tertiary/aromatic N) is 1. The van der Waals surface area contributed by atoms with Crippen molar-refractivity contribution in [1.29, 1.82) is 0 Å². The van der Waals surface area contributed by atoms with Crippen molar-refractivity contribution >= 4 is 5.97 Å². The molecule has 0 aliphatic carbocycles. The predicted octanol–water partition coefficient (Wildman–Crippen LogP) is 4.30. The number of esters is 1. The maximum Gasteiger partial charge on any atom is 0.328 e. The van der Waals surface area contributed by atoms with Gasteiger partial charge in [-0.15, -0.1) is 0 Å². The van der Waals surface area contributed by atoms with Crippen molar-refractivity contribution in [3.8, 4) is 5.88 Å². The first-order valence-electron chi connectivity index (χ1n) is 10.3. The molecule has 150 valence electrons. The second-order valence-corrected chi connectivity index (χ2v) is 6.86. The van der Waals surface area contributed by atoms with Gasteiger partial charge in [-0.2, -0.15) is 0 Å². The Balaban J connectivity index is 2.30. The lowest BCUT2D eigenvalue weighted by molar-refractivity contribution is -0.143. The minimum absolute atomic E-state index is 0.00695. The number of aromatic hydroxyl groups is 1. The maximum absolute atomic E-state index is 12.0. The van der Waals surface area contributed by atoms with Crippen molar-refractivity contribution < 1.29 is 14.6 Å². The summed E-state index contributed by atoms with van der Waals surface area (Å²) in [5, 5.41) is 9.98. The van der Waals surface area contributed by atoms with Crippen molar-refractivity contribution in [2.75, 3.05) is 6.61 Å². The fourth-order valence-corrected chi connectivity index (χ4v) is 3.18. The van der Waals surface area contributed by atoms with E-state index in [4.69, 9.17) is 4.74 Å². The largest absolute Gasteiger partial charge is 0.493 e. The average molecular weight is 369 g/mol. The predicted molar refractivity (Wildman–Crippen MR) is 104 cm³/mol. The van der Waals surface area contributed by atoms with Gasteiger partial charge in [-0.05, 0) is 32.6 Å². The van der Waals surface area contributed by atoms with Crippen LogP contribution in [0.25, 0.3) is 0 Å². The van der Waals surface area contributed by atoms with Crippen molar-refractivity contribution in [1.82, 2.24) is 9.55 Å². The summed E-state index contributed by atoms with van der Waals surface area (Å²) in [6, 6.07) is 0. The van der Waals surface area contributed by atoms with Gasteiger partial charge >= 0.3 is 11.7 Å². The van der Waals surface area contributed by atoms with E-state index in [2.05, 4.69) is 11.9 Å². The number of ether oxygens (including phenoxy) is 1. The molecule has 0 radical (unpaired) electrons. The Morgan fingerprint density at radius 1 is 1.00 bits per heavy atom. The molecule has 1 aromatic heterocycles. The number of hydrogen-bond acceptors (Lipinski definition) is 4. The van der Waals surface area contributed by atoms with Crippen LogP contribution in [0.3, 0.4) is 0 Å². The van der Waals surface area contributed by atoms with Gasteiger partial charge in [-0.3, -0.25) is 14.3 Å². The summed E-state index contributed by atoms with van der Waals surface area (Å²) in [6.45, 7) is 5.11. The fraction of sp³-hybridized carbons (Fsp3) is 0.800. The number of hydrogen-bond donors (Lipinski definition) is 2. The first-order chi connectivity index (χ1) is 12.6. The molecule has 1 aromatic rings. The highest BCUT2D eigenvalue weighted by Crippen LogP contribution is 2.17. The minimum Gasteiger partial charge on any atom is -0.493 e. The van der Waals surface area contributed by atoms with Crippen molar-refractivity contribution in [3.63, 3.8) is 0 Å². The minimum atomic E-state index is -0.214. The summed E-state index contributed by atoms with van der Waals surface area (Å²) in [5.41, 5.74) is 0.502. The van der Waals surface area contributed by atoms with Crippen LogP contribution >= 0.6 is 0 Å². The van der Waals surface area contributed by atoms with E-state index in [9.17, 15) is 14.7 Å². The molecule has 0 fully saturated rings. The summed E-state index contributed by atoms with van der Waals surface area (Å²) in [7, 11) is 0. The van der Waals surface area contributed by atoms with Crippen molar-refractivity contribution in [2.45, 2.75) is 97.4 Å². The van der Waals surface area contributed by atoms with Crippen LogP contribution in [0.15, 0.2) is 4.79 Å². The molecule has 0 amide bonds. The molecule has 0 aliphatic rings. The van der Waals surface area contributed by atoms with Gasteiger partial charge < -0.3 is 9.84 Å². The molecule has 0 aliphatic heterocycles. The van der Waals surface area contributed by atoms with Gasteiger partial charge in [-0.1, -0.05) is 51.9 Å². The lowest BCUT2D eigenvalue weighted by Gasteiger charge is -2.08. The zero-order valence-electron chi connectivity index (χ0n) is 16.5. The number of aromatic nitrogens is 2. The molecule has 6 nitrogen and oxygen atoms in total. The van der Waals surface area contributed by atoms with Crippen LogP contribution in [-0.2, 0) is 22.5 Å². The van der Waals surface area contributed by atoms with Crippen LogP contribution < -0.4 is 5.69 Å². The smallest absolute Gasteiger partial charge is 0.328 e. The molecular weight excluding hydrogens is 332 g/mol. The van der Waals surface area contributed by atoms with E-state index >= 15 is 0 Å². The van der Waals surface area contributed by atoms with Crippen LogP contribution in [0.5, 0.6) is 5.88 Å². The summed E-state index contributed by atoms with van der Waals surface area (Å²) in [6.07, 6.45) is 11.8. The maximum atomic E-state index is 12.0. The Kier molecular flexibility index (Phi) is 11.6. The molecule has 0 aromatic carbocycles. The molecule has 0 saturated heterocycles. The van der Waals surface area contributed by atoms with Gasteiger partial charge in [0.15, 0.2) is 0 Å². The summed E-state index contributed by atoms with van der Waals surface area (Å²) < 4.78 is 6.59. The molecule has 1 heterocycles. The Morgan fingerprint density at radius 2 is 1.65 bits per heavy atom. The molecule has 0 saturated carbocycles. The van der Waals surface area contributed by atoms with Gasteiger partial charge in [0.1, 0.15) is 0 Å². The number of aromatic amines is 1. The third-order valence-electron chi connectivity index (χ3n) is 4.65. The Labute approximate surface area is 157 Å². The first kappa shape index (κ1) is 22.3. The second-order valence-electron chi connectivity index (χ2n) is 6.86. The van der Waals surface area contributed by atoms with Crippen LogP contribution in [0, 0.1) is 0 Å². The molecule has 26 heavy (non-hydrogen) atoms. The zero-order chi connectivity index (χ0) is 19.2. The van der Waals surface area contributed by atoms with E-state index in [1.165, 1.54) is 25.7 Å². The van der Waals surface area contributed by atoms with Gasteiger partial charge in [-0.25, -0.2) is 4.79 Å². The third kappa shape index (κ3) is 8.59. The number of H-pyrrole nitrogens is 1. The lowest BCUT2D eigenvalue weighted by Crippen LogP contribution is -2.19. The Morgan fingerprint density at radius 3 is 2.38 bits per heavy atom.